The number of fused-ring (bicyclic) bond motifs is 11. The number of rotatable bonds is 2. The molecule has 0 bridgehead atoms. The molecule has 43 heavy (non-hydrogen) atoms. The molecule has 4 nitrogen and oxygen atoms in total. The van der Waals surface area contributed by atoms with Gasteiger partial charge in [0.2, 0.25) is 0 Å². The van der Waals surface area contributed by atoms with Crippen molar-refractivity contribution in [2.45, 2.75) is 61.3 Å². The third-order valence-corrected chi connectivity index (χ3v) is 10.4. The van der Waals surface area contributed by atoms with Crippen LogP contribution in [0, 0.1) is 13.8 Å². The first kappa shape index (κ1) is 26.1. The lowest BCUT2D eigenvalue weighted by Crippen LogP contribution is -2.67. The van der Waals surface area contributed by atoms with Gasteiger partial charge in [-0.25, -0.2) is 0 Å². The van der Waals surface area contributed by atoms with Crippen LogP contribution < -0.4 is 9.31 Å². The zero-order valence-electron chi connectivity index (χ0n) is 26.1. The Hall–Kier alpha value is -4.51. The van der Waals surface area contributed by atoms with Crippen LogP contribution in [0.2, 0.25) is 0 Å². The SMILES string of the molecule is CCC1=C(C)C2=C(C)c3c(C)c(CC)c(C)n3[B-]3(Oc4ccc5ccccc5c4-c4c(ccc5ccccc45)O3)[N+]2=C1C. The normalized spacial score (nSPS) is 16.7. The molecule has 5 heteroatoms. The second kappa shape index (κ2) is 9.00. The minimum Gasteiger partial charge on any atom is -0.601 e. The third-order valence-electron chi connectivity index (χ3n) is 10.4. The molecule has 0 aliphatic carbocycles. The average molecular weight is 565 g/mol. The van der Waals surface area contributed by atoms with E-state index >= 15 is 0 Å². The van der Waals surface area contributed by atoms with Crippen LogP contribution in [0.1, 0.15) is 63.6 Å². The molecule has 4 heterocycles. The summed E-state index contributed by atoms with van der Waals surface area (Å²) < 4.78 is 19.9. The van der Waals surface area contributed by atoms with E-state index in [9.17, 15) is 0 Å². The summed E-state index contributed by atoms with van der Waals surface area (Å²) in [6.07, 6.45) is 1.90. The van der Waals surface area contributed by atoms with Crippen molar-refractivity contribution in [3.63, 3.8) is 0 Å². The molecule has 4 aromatic carbocycles. The monoisotopic (exact) mass is 564 g/mol. The molecule has 8 rings (SSSR count). The summed E-state index contributed by atoms with van der Waals surface area (Å²) >= 11 is 0. The lowest BCUT2D eigenvalue weighted by molar-refractivity contribution is -0.372. The fourth-order valence-corrected chi connectivity index (χ4v) is 8.61. The van der Waals surface area contributed by atoms with Crippen molar-refractivity contribution in [3.05, 3.63) is 112 Å². The number of allylic oxidation sites excluding steroid dienone is 3. The van der Waals surface area contributed by atoms with Gasteiger partial charge in [0, 0.05) is 40.5 Å². The highest BCUT2D eigenvalue weighted by atomic mass is 16.6. The van der Waals surface area contributed by atoms with Crippen molar-refractivity contribution < 1.29 is 13.8 Å². The van der Waals surface area contributed by atoms with Gasteiger partial charge >= 0.3 is 6.82 Å². The van der Waals surface area contributed by atoms with Crippen LogP contribution in [0.4, 0.5) is 0 Å². The molecule has 0 saturated carbocycles. The number of benzene rings is 4. The van der Waals surface area contributed by atoms with Crippen LogP contribution in [0.15, 0.2) is 89.6 Å². The highest BCUT2D eigenvalue weighted by molar-refractivity contribution is 6.62. The fourth-order valence-electron chi connectivity index (χ4n) is 8.61. The zero-order chi connectivity index (χ0) is 29.8. The van der Waals surface area contributed by atoms with Gasteiger partial charge in [-0.05, 0) is 91.0 Å². The van der Waals surface area contributed by atoms with E-state index in [0.29, 0.717) is 0 Å². The van der Waals surface area contributed by atoms with Crippen LogP contribution in [-0.2, 0) is 6.42 Å². The second-order valence-corrected chi connectivity index (χ2v) is 12.3. The number of aromatic nitrogens is 1. The maximum Gasteiger partial charge on any atom is 0.780 e. The lowest BCUT2D eigenvalue weighted by atomic mass is 9.79. The Morgan fingerprint density at radius 3 is 1.77 bits per heavy atom. The standard InChI is InChI=1S/C38H37BN2O2/c1-8-29-22(3)37-24(5)38-23(4)30(9-2)26(7)41(38)39(40(37)25(29)6)42-33-20-18-27-14-10-12-16-31(27)35(33)36-32-17-13-11-15-28(32)19-21-34(36)43-39/h10-21H,8-9H2,1-7H3. The molecule has 3 aliphatic rings. The van der Waals surface area contributed by atoms with Crippen molar-refractivity contribution >= 4 is 39.7 Å². The van der Waals surface area contributed by atoms with E-state index in [4.69, 9.17) is 9.31 Å². The predicted molar refractivity (Wildman–Crippen MR) is 179 cm³/mol. The van der Waals surface area contributed by atoms with Crippen LogP contribution in [0.5, 0.6) is 11.5 Å². The molecule has 5 aromatic rings. The van der Waals surface area contributed by atoms with E-state index in [1.165, 1.54) is 61.4 Å². The molecule has 0 N–H and O–H groups in total. The summed E-state index contributed by atoms with van der Waals surface area (Å²) in [7, 11) is 0. The summed E-state index contributed by atoms with van der Waals surface area (Å²) in [5.74, 6) is 1.69. The first-order valence-corrected chi connectivity index (χ1v) is 15.6. The molecule has 1 aromatic heterocycles. The maximum atomic E-state index is 7.57. The highest BCUT2D eigenvalue weighted by Gasteiger charge is 2.62. The Bertz CT molecular complexity index is 2070. The van der Waals surface area contributed by atoms with E-state index in [0.717, 1.165) is 46.2 Å². The average Bonchev–Trinajstić information content (AvgIpc) is 3.36. The Kier molecular flexibility index (Phi) is 5.47. The topological polar surface area (TPSA) is 26.4 Å². The zero-order valence-corrected chi connectivity index (χ0v) is 26.1. The number of nitrogens with zero attached hydrogens (tertiary/aromatic N) is 2. The van der Waals surface area contributed by atoms with Gasteiger partial charge in [-0.15, -0.1) is 0 Å². The molecule has 0 radical (unpaired) electrons. The quantitative estimate of drug-likeness (QED) is 0.200. The van der Waals surface area contributed by atoms with E-state index in [1.807, 2.05) is 0 Å². The molecule has 0 fully saturated rings. The predicted octanol–water partition coefficient (Wildman–Crippen LogP) is 9.35. The van der Waals surface area contributed by atoms with Crippen molar-refractivity contribution in [2.24, 2.45) is 0 Å². The molecule has 3 aliphatic heterocycles. The Morgan fingerprint density at radius 1 is 0.674 bits per heavy atom. The van der Waals surface area contributed by atoms with Crippen LogP contribution >= 0.6 is 0 Å². The summed E-state index contributed by atoms with van der Waals surface area (Å²) in [6, 6.07) is 25.9. The number of hydrogen-bond donors (Lipinski definition) is 0. The largest absolute Gasteiger partial charge is 0.780 e. The number of hydrogen-bond acceptors (Lipinski definition) is 2. The highest BCUT2D eigenvalue weighted by Crippen LogP contribution is 2.52. The Balaban J connectivity index is 1.57. The van der Waals surface area contributed by atoms with Gasteiger partial charge in [-0.3, -0.25) is 0 Å². The van der Waals surface area contributed by atoms with Gasteiger partial charge in [0.25, 0.3) is 0 Å². The van der Waals surface area contributed by atoms with Crippen molar-refractivity contribution in [2.75, 3.05) is 0 Å². The minimum absolute atomic E-state index is 0.845. The maximum absolute atomic E-state index is 7.57. The lowest BCUT2D eigenvalue weighted by Gasteiger charge is -2.42. The van der Waals surface area contributed by atoms with Crippen LogP contribution in [-0.4, -0.2) is 21.5 Å². The van der Waals surface area contributed by atoms with E-state index in [1.54, 1.807) is 0 Å². The Labute approximate surface area is 253 Å². The molecular formula is C38H37BN2O2. The van der Waals surface area contributed by atoms with Gasteiger partial charge in [0.05, 0.1) is 11.5 Å². The van der Waals surface area contributed by atoms with Crippen molar-refractivity contribution in [1.82, 2.24) is 4.48 Å². The van der Waals surface area contributed by atoms with Crippen LogP contribution in [0.25, 0.3) is 38.2 Å². The summed E-state index contributed by atoms with van der Waals surface area (Å²) in [5.41, 5.74) is 13.7. The van der Waals surface area contributed by atoms with Gasteiger partial charge in [-0.1, -0.05) is 74.5 Å². The summed E-state index contributed by atoms with van der Waals surface area (Å²) in [5, 5.41) is 4.70. The third kappa shape index (κ3) is 3.20. The van der Waals surface area contributed by atoms with Gasteiger partial charge < -0.3 is 18.3 Å². The summed E-state index contributed by atoms with van der Waals surface area (Å²) in [6.45, 7) is 13.5. The Morgan fingerprint density at radius 2 is 1.23 bits per heavy atom. The van der Waals surface area contributed by atoms with Gasteiger partial charge in [-0.2, -0.15) is 0 Å². The first-order chi connectivity index (χ1) is 20.8. The fraction of sp³-hybridized carbons (Fsp3) is 0.237. The second-order valence-electron chi connectivity index (χ2n) is 12.3. The molecule has 0 atom stereocenters. The van der Waals surface area contributed by atoms with Crippen molar-refractivity contribution in [3.8, 4) is 22.6 Å². The molecule has 0 unspecified atom stereocenters. The van der Waals surface area contributed by atoms with Crippen LogP contribution in [0.3, 0.4) is 0 Å². The van der Waals surface area contributed by atoms with Crippen molar-refractivity contribution in [1.29, 1.82) is 0 Å². The molecule has 1 spiro atoms. The molecule has 214 valence electrons. The molecular weight excluding hydrogens is 527 g/mol. The van der Waals surface area contributed by atoms with E-state index in [2.05, 4.69) is 130 Å². The smallest absolute Gasteiger partial charge is 0.601 e. The minimum atomic E-state index is -2.29. The molecule has 0 saturated heterocycles. The summed E-state index contributed by atoms with van der Waals surface area (Å²) in [4.78, 5) is 0. The van der Waals surface area contributed by atoms with Gasteiger partial charge in [0.15, 0.2) is 5.70 Å². The molecule has 0 amide bonds. The van der Waals surface area contributed by atoms with E-state index < -0.39 is 6.82 Å². The first-order valence-electron chi connectivity index (χ1n) is 15.6. The van der Waals surface area contributed by atoms with E-state index in [-0.39, 0.29) is 0 Å². The van der Waals surface area contributed by atoms with Gasteiger partial charge in [0.1, 0.15) is 5.71 Å².